The van der Waals surface area contributed by atoms with Gasteiger partial charge in [0.05, 0.1) is 18.2 Å². The van der Waals surface area contributed by atoms with E-state index in [9.17, 15) is 9.59 Å². The summed E-state index contributed by atoms with van der Waals surface area (Å²) in [5.41, 5.74) is 4.37. The lowest BCUT2D eigenvalue weighted by Crippen LogP contribution is -2.50. The Morgan fingerprint density at radius 3 is 2.43 bits per heavy atom. The predicted molar refractivity (Wildman–Crippen MR) is 180 cm³/mol. The minimum atomic E-state index is -0.157. The molecule has 4 atom stereocenters. The van der Waals surface area contributed by atoms with E-state index in [4.69, 9.17) is 14.5 Å². The van der Waals surface area contributed by atoms with Gasteiger partial charge in [-0.25, -0.2) is 4.98 Å². The zero-order valence-corrected chi connectivity index (χ0v) is 27.6. The van der Waals surface area contributed by atoms with Crippen molar-refractivity contribution in [2.24, 2.45) is 0 Å². The third-order valence-corrected chi connectivity index (χ3v) is 9.99. The monoisotopic (exact) mass is 625 g/mol. The minimum Gasteiger partial charge on any atom is -0.493 e. The molecule has 2 fully saturated rings. The van der Waals surface area contributed by atoms with E-state index in [2.05, 4.69) is 34.3 Å². The van der Waals surface area contributed by atoms with E-state index in [0.29, 0.717) is 36.4 Å². The van der Waals surface area contributed by atoms with Crippen molar-refractivity contribution < 1.29 is 19.1 Å². The van der Waals surface area contributed by atoms with Crippen LogP contribution < -0.4 is 25.0 Å². The number of ether oxygens (including phenoxy) is 2. The Hall–Kier alpha value is -4.11. The van der Waals surface area contributed by atoms with Gasteiger partial charge >= 0.3 is 0 Å². The maximum Gasteiger partial charge on any atom is 0.253 e. The molecule has 6 rings (SSSR count). The number of hydrogen-bond donors (Lipinski definition) is 2. The molecule has 9 heteroatoms. The molecule has 2 bridgehead atoms. The highest BCUT2D eigenvalue weighted by molar-refractivity contribution is 5.97. The number of hydrogen-bond acceptors (Lipinski definition) is 7. The summed E-state index contributed by atoms with van der Waals surface area (Å²) >= 11 is 0. The molecule has 0 aliphatic carbocycles. The SMILES string of the molecule is CCN(CC)CCOc1ccc([C@H](C)NC(=O)c2ccc(N3[C@@H]4CC[C@H]3CC(NC(=O)c3ccc5c(c3C)OCC5)C4)nc2)cc1. The van der Waals surface area contributed by atoms with Crippen molar-refractivity contribution in [3.05, 3.63) is 82.5 Å². The fourth-order valence-electron chi connectivity index (χ4n) is 7.31. The molecule has 0 saturated carbocycles. The van der Waals surface area contributed by atoms with Crippen LogP contribution in [0.1, 0.15) is 89.9 Å². The van der Waals surface area contributed by atoms with Gasteiger partial charge in [-0.15, -0.1) is 0 Å². The van der Waals surface area contributed by atoms with Crippen LogP contribution in [0, 0.1) is 6.92 Å². The number of rotatable bonds is 12. The van der Waals surface area contributed by atoms with Gasteiger partial charge in [0.25, 0.3) is 11.8 Å². The van der Waals surface area contributed by atoms with Crippen molar-refractivity contribution in [3.8, 4) is 11.5 Å². The molecule has 0 spiro atoms. The second kappa shape index (κ2) is 14.1. The molecule has 244 valence electrons. The molecule has 2 N–H and O–H groups in total. The van der Waals surface area contributed by atoms with Crippen LogP contribution in [0.2, 0.25) is 0 Å². The summed E-state index contributed by atoms with van der Waals surface area (Å²) in [6.45, 7) is 12.5. The third kappa shape index (κ3) is 6.84. The maximum atomic E-state index is 13.2. The molecule has 1 unspecified atom stereocenters. The van der Waals surface area contributed by atoms with E-state index in [1.165, 1.54) is 5.56 Å². The second-order valence-electron chi connectivity index (χ2n) is 12.8. The second-order valence-corrected chi connectivity index (χ2v) is 12.8. The Bertz CT molecular complexity index is 1510. The smallest absolute Gasteiger partial charge is 0.253 e. The highest BCUT2D eigenvalue weighted by Gasteiger charge is 2.42. The van der Waals surface area contributed by atoms with Crippen LogP contribution in [-0.4, -0.2) is 72.7 Å². The van der Waals surface area contributed by atoms with Gasteiger partial charge in [-0.2, -0.15) is 0 Å². The van der Waals surface area contributed by atoms with E-state index < -0.39 is 0 Å². The van der Waals surface area contributed by atoms with Gasteiger partial charge in [-0.1, -0.05) is 32.0 Å². The normalized spacial score (nSPS) is 20.6. The van der Waals surface area contributed by atoms with E-state index in [0.717, 1.165) is 80.2 Å². The maximum absolute atomic E-state index is 13.2. The molecule has 3 aromatic rings. The van der Waals surface area contributed by atoms with Crippen LogP contribution >= 0.6 is 0 Å². The molecule has 4 heterocycles. The summed E-state index contributed by atoms with van der Waals surface area (Å²) < 4.78 is 11.7. The quantitative estimate of drug-likeness (QED) is 0.276. The van der Waals surface area contributed by atoms with Crippen molar-refractivity contribution in [3.63, 3.8) is 0 Å². The van der Waals surface area contributed by atoms with Gasteiger partial charge in [0.15, 0.2) is 0 Å². The summed E-state index contributed by atoms with van der Waals surface area (Å²) in [4.78, 5) is 35.8. The zero-order chi connectivity index (χ0) is 32.2. The number of pyridine rings is 1. The molecule has 9 nitrogen and oxygen atoms in total. The topological polar surface area (TPSA) is 96.0 Å². The van der Waals surface area contributed by atoms with Crippen LogP contribution in [-0.2, 0) is 6.42 Å². The third-order valence-electron chi connectivity index (χ3n) is 9.99. The van der Waals surface area contributed by atoms with Crippen LogP contribution in [0.25, 0.3) is 0 Å². The van der Waals surface area contributed by atoms with Crippen molar-refractivity contribution in [1.82, 2.24) is 20.5 Å². The number of aromatic nitrogens is 1. The van der Waals surface area contributed by atoms with Gasteiger partial charge in [-0.3, -0.25) is 9.59 Å². The molecule has 46 heavy (non-hydrogen) atoms. The first-order valence-electron chi connectivity index (χ1n) is 16.9. The van der Waals surface area contributed by atoms with Crippen LogP contribution in [0.15, 0.2) is 54.7 Å². The fourth-order valence-corrected chi connectivity index (χ4v) is 7.31. The summed E-state index contributed by atoms with van der Waals surface area (Å²) in [5, 5.41) is 6.41. The molecular formula is C37H47N5O4. The molecule has 3 aliphatic rings. The standard InChI is InChI=1S/C37H47N5O4/c1-5-41(6-2)18-20-45-32-13-7-26(8-14-32)25(4)39-36(43)28-10-16-34(38-23-28)42-30-11-12-31(42)22-29(21-30)40-37(44)33-15-9-27-17-19-46-35(27)24(33)3/h7-10,13-16,23,25,29-31H,5-6,11-12,17-22H2,1-4H3,(H,39,43)(H,40,44)/t25-,29?,30-,31+/m0/s1. The van der Waals surface area contributed by atoms with E-state index in [1.807, 2.05) is 62.4 Å². The number of fused-ring (bicyclic) bond motifs is 3. The number of likely N-dealkylation sites (N-methyl/N-ethyl adjacent to an activating group) is 1. The van der Waals surface area contributed by atoms with Crippen LogP contribution in [0.5, 0.6) is 11.5 Å². The predicted octanol–water partition coefficient (Wildman–Crippen LogP) is 5.47. The van der Waals surface area contributed by atoms with Gasteiger partial charge in [0, 0.05) is 48.4 Å². The van der Waals surface area contributed by atoms with Crippen LogP contribution in [0.3, 0.4) is 0 Å². The fraction of sp³-hybridized carbons (Fsp3) is 0.486. The number of piperidine rings is 1. The minimum absolute atomic E-state index is 0.0217. The average molecular weight is 626 g/mol. The number of nitrogens with zero attached hydrogens (tertiary/aromatic N) is 3. The molecule has 2 aromatic carbocycles. The number of nitrogens with one attached hydrogen (secondary N) is 2. The Kier molecular flexibility index (Phi) is 9.78. The largest absolute Gasteiger partial charge is 0.493 e. The lowest BCUT2D eigenvalue weighted by atomic mass is 9.96. The Labute approximate surface area is 272 Å². The summed E-state index contributed by atoms with van der Waals surface area (Å²) in [7, 11) is 0. The Balaban J connectivity index is 1.01. The number of carbonyl (C=O) groups is 2. The number of carbonyl (C=O) groups excluding carboxylic acids is 2. The molecular weight excluding hydrogens is 578 g/mol. The first-order valence-corrected chi connectivity index (χ1v) is 16.9. The van der Waals surface area contributed by atoms with Gasteiger partial charge in [-0.05, 0) is 94.1 Å². The molecule has 2 amide bonds. The molecule has 2 saturated heterocycles. The number of amides is 2. The van der Waals surface area contributed by atoms with E-state index >= 15 is 0 Å². The van der Waals surface area contributed by atoms with Gasteiger partial charge < -0.3 is 29.9 Å². The first kappa shape index (κ1) is 31.9. The van der Waals surface area contributed by atoms with Crippen molar-refractivity contribution >= 4 is 17.6 Å². The van der Waals surface area contributed by atoms with Crippen molar-refractivity contribution in [2.75, 3.05) is 37.7 Å². The average Bonchev–Trinajstić information content (AvgIpc) is 3.66. The Morgan fingerprint density at radius 2 is 1.76 bits per heavy atom. The van der Waals surface area contributed by atoms with E-state index in [-0.39, 0.29) is 23.9 Å². The van der Waals surface area contributed by atoms with Crippen molar-refractivity contribution in [1.29, 1.82) is 0 Å². The zero-order valence-electron chi connectivity index (χ0n) is 27.6. The number of anilines is 1. The highest BCUT2D eigenvalue weighted by Crippen LogP contribution is 2.39. The molecule has 0 radical (unpaired) electrons. The summed E-state index contributed by atoms with van der Waals surface area (Å²) in [5.74, 6) is 2.43. The molecule has 1 aromatic heterocycles. The lowest BCUT2D eigenvalue weighted by molar-refractivity contribution is 0.0922. The van der Waals surface area contributed by atoms with Gasteiger partial charge in [0.2, 0.25) is 0 Å². The number of benzene rings is 2. The summed E-state index contributed by atoms with van der Waals surface area (Å²) in [6.07, 6.45) is 6.49. The lowest BCUT2D eigenvalue weighted by Gasteiger charge is -2.40. The van der Waals surface area contributed by atoms with E-state index in [1.54, 1.807) is 6.20 Å². The van der Waals surface area contributed by atoms with Crippen LogP contribution in [0.4, 0.5) is 5.82 Å². The first-order chi connectivity index (χ1) is 22.3. The van der Waals surface area contributed by atoms with Crippen molar-refractivity contribution in [2.45, 2.75) is 84.0 Å². The van der Waals surface area contributed by atoms with Gasteiger partial charge in [0.1, 0.15) is 23.9 Å². The molecule has 3 aliphatic heterocycles. The summed E-state index contributed by atoms with van der Waals surface area (Å²) in [6, 6.07) is 16.3. The Morgan fingerprint density at radius 1 is 1.02 bits per heavy atom. The highest BCUT2D eigenvalue weighted by atomic mass is 16.5.